The van der Waals surface area contributed by atoms with E-state index in [1.54, 1.807) is 0 Å². The number of carbonyl (C=O) groups is 3. The van der Waals surface area contributed by atoms with E-state index in [1.165, 1.54) is 0 Å². The molecule has 1 heterocycles. The van der Waals surface area contributed by atoms with Crippen molar-refractivity contribution in [3.8, 4) is 0 Å². The maximum Gasteiger partial charge on any atom is 0.320 e. The van der Waals surface area contributed by atoms with Crippen LogP contribution in [0.3, 0.4) is 0 Å². The molecule has 0 radical (unpaired) electrons. The van der Waals surface area contributed by atoms with E-state index >= 15 is 0 Å². The molecule has 8 nitrogen and oxygen atoms in total. The lowest BCUT2D eigenvalue weighted by Gasteiger charge is -2.30. The number of rotatable bonds is 6. The standard InChI is InChI=1S/C18H34N4O4/c1-18(2,3)26-17(25)16-22-7-5-19-4-6-20(12-14-23)8-9-21(10-11-22)13-15-24/h14-15,19H,4-13,16H2,1-3H3. The Balaban J connectivity index is 2.63. The highest BCUT2D eigenvalue weighted by atomic mass is 16.6. The smallest absolute Gasteiger partial charge is 0.320 e. The van der Waals surface area contributed by atoms with Crippen LogP contribution in [0.4, 0.5) is 0 Å². The zero-order chi connectivity index (χ0) is 19.4. The number of hydrogen-bond acceptors (Lipinski definition) is 8. The molecule has 0 spiro atoms. The fourth-order valence-electron chi connectivity index (χ4n) is 2.79. The van der Waals surface area contributed by atoms with Crippen LogP contribution in [0.5, 0.6) is 0 Å². The maximum absolute atomic E-state index is 12.1. The number of nitrogens with one attached hydrogen (secondary N) is 1. The van der Waals surface area contributed by atoms with Crippen LogP contribution in [0.25, 0.3) is 0 Å². The molecule has 0 aromatic rings. The molecule has 0 amide bonds. The third-order valence-corrected chi connectivity index (χ3v) is 4.11. The molecule has 8 heteroatoms. The summed E-state index contributed by atoms with van der Waals surface area (Å²) in [6, 6.07) is 0. The predicted molar refractivity (Wildman–Crippen MR) is 100 cm³/mol. The van der Waals surface area contributed by atoms with Crippen LogP contribution in [0.2, 0.25) is 0 Å². The van der Waals surface area contributed by atoms with Gasteiger partial charge in [-0.25, -0.2) is 0 Å². The molecule has 1 aliphatic heterocycles. The third-order valence-electron chi connectivity index (χ3n) is 4.11. The van der Waals surface area contributed by atoms with Crippen molar-refractivity contribution in [3.63, 3.8) is 0 Å². The highest BCUT2D eigenvalue weighted by Crippen LogP contribution is 2.07. The lowest BCUT2D eigenvalue weighted by Crippen LogP contribution is -2.47. The second-order valence-corrected chi connectivity index (χ2v) is 7.55. The van der Waals surface area contributed by atoms with Crippen molar-refractivity contribution in [1.82, 2.24) is 20.0 Å². The Labute approximate surface area is 156 Å². The zero-order valence-corrected chi connectivity index (χ0v) is 16.4. The van der Waals surface area contributed by atoms with Gasteiger partial charge in [0.1, 0.15) is 18.2 Å². The van der Waals surface area contributed by atoms with Crippen LogP contribution < -0.4 is 5.32 Å². The van der Waals surface area contributed by atoms with Gasteiger partial charge in [0, 0.05) is 52.4 Å². The fourth-order valence-corrected chi connectivity index (χ4v) is 2.79. The molecule has 0 saturated carbocycles. The minimum atomic E-state index is -0.493. The Morgan fingerprint density at radius 3 is 1.85 bits per heavy atom. The first-order valence-electron chi connectivity index (χ1n) is 9.31. The van der Waals surface area contributed by atoms with E-state index in [2.05, 4.69) is 20.0 Å². The van der Waals surface area contributed by atoms with Crippen LogP contribution in [0, 0.1) is 0 Å². The van der Waals surface area contributed by atoms with E-state index in [0.717, 1.165) is 45.3 Å². The van der Waals surface area contributed by atoms with E-state index in [0.29, 0.717) is 32.7 Å². The first-order valence-corrected chi connectivity index (χ1v) is 9.31. The van der Waals surface area contributed by atoms with Crippen molar-refractivity contribution >= 4 is 18.5 Å². The number of carbonyl (C=O) groups excluding carboxylic acids is 3. The van der Waals surface area contributed by atoms with Crippen molar-refractivity contribution < 1.29 is 19.1 Å². The summed E-state index contributed by atoms with van der Waals surface area (Å²) in [7, 11) is 0. The molecule has 0 aromatic carbocycles. The summed E-state index contributed by atoms with van der Waals surface area (Å²) in [5, 5.41) is 3.36. The topological polar surface area (TPSA) is 82.2 Å². The Bertz CT molecular complexity index is 439. The molecule has 1 N–H and O–H groups in total. The fraction of sp³-hybridized carbons (Fsp3) is 0.833. The van der Waals surface area contributed by atoms with E-state index < -0.39 is 5.60 Å². The Hall–Kier alpha value is -1.35. The summed E-state index contributed by atoms with van der Waals surface area (Å²) >= 11 is 0. The molecular formula is C18H34N4O4. The number of aldehydes is 2. The van der Waals surface area contributed by atoms with Crippen molar-refractivity contribution in [2.75, 3.05) is 72.0 Å². The molecule has 0 bridgehead atoms. The summed E-state index contributed by atoms with van der Waals surface area (Å²) in [6.07, 6.45) is 1.81. The van der Waals surface area contributed by atoms with Gasteiger partial charge < -0.3 is 19.6 Å². The summed E-state index contributed by atoms with van der Waals surface area (Å²) in [6.45, 7) is 12.4. The average molecular weight is 370 g/mol. The molecule has 1 saturated heterocycles. The van der Waals surface area contributed by atoms with Gasteiger partial charge in [-0.3, -0.25) is 19.5 Å². The molecule has 0 unspecified atom stereocenters. The van der Waals surface area contributed by atoms with Crippen molar-refractivity contribution in [2.45, 2.75) is 26.4 Å². The van der Waals surface area contributed by atoms with Gasteiger partial charge in [0.25, 0.3) is 0 Å². The molecule has 1 aliphatic rings. The largest absolute Gasteiger partial charge is 0.459 e. The lowest BCUT2D eigenvalue weighted by atomic mass is 10.2. The Kier molecular flexibility index (Phi) is 10.6. The summed E-state index contributed by atoms with van der Waals surface area (Å²) in [5.74, 6) is -0.233. The van der Waals surface area contributed by atoms with Gasteiger partial charge in [-0.05, 0) is 20.8 Å². The number of ether oxygens (including phenoxy) is 1. The van der Waals surface area contributed by atoms with Gasteiger partial charge in [0.15, 0.2) is 0 Å². The van der Waals surface area contributed by atoms with Gasteiger partial charge in [0.05, 0.1) is 19.6 Å². The second kappa shape index (κ2) is 12.1. The molecular weight excluding hydrogens is 336 g/mol. The monoisotopic (exact) mass is 370 g/mol. The minimum Gasteiger partial charge on any atom is -0.459 e. The van der Waals surface area contributed by atoms with Crippen molar-refractivity contribution in [3.05, 3.63) is 0 Å². The van der Waals surface area contributed by atoms with Crippen molar-refractivity contribution in [2.24, 2.45) is 0 Å². The van der Waals surface area contributed by atoms with Crippen LogP contribution in [-0.2, 0) is 19.1 Å². The third kappa shape index (κ3) is 10.6. The van der Waals surface area contributed by atoms with E-state index in [1.807, 2.05) is 20.8 Å². The van der Waals surface area contributed by atoms with Crippen LogP contribution in [0.1, 0.15) is 20.8 Å². The van der Waals surface area contributed by atoms with Gasteiger partial charge in [-0.1, -0.05) is 0 Å². The van der Waals surface area contributed by atoms with Crippen LogP contribution in [0.15, 0.2) is 0 Å². The first kappa shape index (κ1) is 22.7. The SMILES string of the molecule is CC(C)(C)OC(=O)CN1CCNCCN(CC=O)CCN(CC=O)CC1. The normalized spacial score (nSPS) is 20.0. The Morgan fingerprint density at radius 1 is 0.885 bits per heavy atom. The summed E-state index contributed by atoms with van der Waals surface area (Å²) in [4.78, 5) is 40.1. The summed E-state index contributed by atoms with van der Waals surface area (Å²) < 4.78 is 5.42. The van der Waals surface area contributed by atoms with Crippen LogP contribution >= 0.6 is 0 Å². The first-order chi connectivity index (χ1) is 12.3. The Morgan fingerprint density at radius 2 is 1.35 bits per heavy atom. The molecule has 1 fully saturated rings. The van der Waals surface area contributed by atoms with Gasteiger partial charge in [-0.2, -0.15) is 0 Å². The molecule has 0 aromatic heterocycles. The molecule has 0 aliphatic carbocycles. The number of esters is 1. The van der Waals surface area contributed by atoms with E-state index in [4.69, 9.17) is 4.74 Å². The molecule has 150 valence electrons. The molecule has 26 heavy (non-hydrogen) atoms. The van der Waals surface area contributed by atoms with Gasteiger partial charge >= 0.3 is 5.97 Å². The van der Waals surface area contributed by atoms with Gasteiger partial charge in [-0.15, -0.1) is 0 Å². The lowest BCUT2D eigenvalue weighted by molar-refractivity contribution is -0.156. The minimum absolute atomic E-state index is 0.233. The number of nitrogens with zero attached hydrogens (tertiary/aromatic N) is 3. The highest BCUT2D eigenvalue weighted by molar-refractivity contribution is 5.72. The van der Waals surface area contributed by atoms with Crippen molar-refractivity contribution in [1.29, 1.82) is 0 Å². The van der Waals surface area contributed by atoms with Crippen LogP contribution in [-0.4, -0.2) is 111 Å². The number of hydrogen-bond donors (Lipinski definition) is 1. The van der Waals surface area contributed by atoms with E-state index in [-0.39, 0.29) is 12.5 Å². The average Bonchev–Trinajstić information content (AvgIpc) is 2.53. The quantitative estimate of drug-likeness (QED) is 0.482. The summed E-state index contributed by atoms with van der Waals surface area (Å²) in [5.41, 5.74) is -0.493. The zero-order valence-electron chi connectivity index (χ0n) is 16.4. The second-order valence-electron chi connectivity index (χ2n) is 7.55. The highest BCUT2D eigenvalue weighted by Gasteiger charge is 2.20. The molecule has 1 rings (SSSR count). The predicted octanol–water partition coefficient (Wildman–Crippen LogP) is -0.765. The molecule has 0 atom stereocenters. The van der Waals surface area contributed by atoms with Gasteiger partial charge in [0.2, 0.25) is 0 Å². The van der Waals surface area contributed by atoms with E-state index in [9.17, 15) is 14.4 Å². The maximum atomic E-state index is 12.1.